The van der Waals surface area contributed by atoms with Gasteiger partial charge in [-0.1, -0.05) is 11.8 Å². The SMILES string of the molecule is CNC1C=CC(C#C/C=C/c2nc3ccc(O)cc3s2)=C(F)N1. The number of rotatable bonds is 2. The lowest BCUT2D eigenvalue weighted by Gasteiger charge is -2.17. The first-order valence-corrected chi connectivity index (χ1v) is 7.77. The van der Waals surface area contributed by atoms with Gasteiger partial charge in [-0.15, -0.1) is 11.3 Å². The van der Waals surface area contributed by atoms with Crippen molar-refractivity contribution in [2.24, 2.45) is 0 Å². The van der Waals surface area contributed by atoms with Crippen LogP contribution in [0.2, 0.25) is 0 Å². The van der Waals surface area contributed by atoms with E-state index in [2.05, 4.69) is 27.5 Å². The number of dihydropyridines is 1. The molecule has 116 valence electrons. The predicted octanol–water partition coefficient (Wildman–Crippen LogP) is 2.90. The van der Waals surface area contributed by atoms with E-state index in [1.807, 2.05) is 0 Å². The van der Waals surface area contributed by atoms with Crippen molar-refractivity contribution in [1.82, 2.24) is 15.6 Å². The summed E-state index contributed by atoms with van der Waals surface area (Å²) in [6.45, 7) is 0. The number of likely N-dealkylation sites (N-methyl/N-ethyl adjacent to an activating group) is 1. The summed E-state index contributed by atoms with van der Waals surface area (Å²) in [5.74, 6) is 5.33. The minimum absolute atomic E-state index is 0.213. The van der Waals surface area contributed by atoms with E-state index < -0.39 is 5.95 Å². The topological polar surface area (TPSA) is 57.2 Å². The summed E-state index contributed by atoms with van der Waals surface area (Å²) in [4.78, 5) is 4.41. The lowest BCUT2D eigenvalue weighted by atomic mass is 10.2. The fraction of sp³-hybridized carbons (Fsp3) is 0.118. The number of nitrogens with zero attached hydrogens (tertiary/aromatic N) is 1. The van der Waals surface area contributed by atoms with Crippen LogP contribution >= 0.6 is 11.3 Å². The third-order valence-electron chi connectivity index (χ3n) is 3.19. The molecule has 1 aliphatic heterocycles. The van der Waals surface area contributed by atoms with Crippen molar-refractivity contribution in [3.63, 3.8) is 0 Å². The zero-order valence-electron chi connectivity index (χ0n) is 12.3. The van der Waals surface area contributed by atoms with Gasteiger partial charge in [0.2, 0.25) is 5.95 Å². The number of phenols is 1. The van der Waals surface area contributed by atoms with Crippen LogP contribution in [0.3, 0.4) is 0 Å². The molecule has 1 aromatic heterocycles. The van der Waals surface area contributed by atoms with Crippen LogP contribution in [0.25, 0.3) is 16.3 Å². The van der Waals surface area contributed by atoms with Crippen molar-refractivity contribution < 1.29 is 9.50 Å². The van der Waals surface area contributed by atoms with Gasteiger partial charge in [0.25, 0.3) is 0 Å². The van der Waals surface area contributed by atoms with Crippen LogP contribution in [0.5, 0.6) is 5.75 Å². The van der Waals surface area contributed by atoms with Crippen molar-refractivity contribution in [1.29, 1.82) is 0 Å². The number of aromatic hydroxyl groups is 1. The minimum atomic E-state index is -0.441. The van der Waals surface area contributed by atoms with E-state index in [0.29, 0.717) is 5.57 Å². The molecule has 0 radical (unpaired) electrons. The Morgan fingerprint density at radius 3 is 3.13 bits per heavy atom. The highest BCUT2D eigenvalue weighted by molar-refractivity contribution is 7.19. The zero-order valence-corrected chi connectivity index (χ0v) is 13.1. The maximum Gasteiger partial charge on any atom is 0.204 e. The first kappa shape index (κ1) is 15.3. The number of fused-ring (bicyclic) bond motifs is 1. The summed E-state index contributed by atoms with van der Waals surface area (Å²) in [5.41, 5.74) is 1.14. The molecule has 1 aromatic carbocycles. The molecule has 4 nitrogen and oxygen atoms in total. The lowest BCUT2D eigenvalue weighted by molar-refractivity contribution is 0.468. The monoisotopic (exact) mass is 327 g/mol. The maximum absolute atomic E-state index is 13.7. The quantitative estimate of drug-likeness (QED) is 0.586. The molecule has 2 aromatic rings. The first-order valence-electron chi connectivity index (χ1n) is 6.95. The second kappa shape index (κ2) is 6.65. The van der Waals surface area contributed by atoms with Crippen molar-refractivity contribution in [2.75, 3.05) is 7.05 Å². The molecule has 0 spiro atoms. The Balaban J connectivity index is 1.73. The molecule has 1 unspecified atom stereocenters. The van der Waals surface area contributed by atoms with Crippen molar-refractivity contribution in [2.45, 2.75) is 6.17 Å². The minimum Gasteiger partial charge on any atom is -0.508 e. The fourth-order valence-corrected chi connectivity index (χ4v) is 2.93. The third-order valence-corrected chi connectivity index (χ3v) is 4.17. The van der Waals surface area contributed by atoms with Gasteiger partial charge >= 0.3 is 0 Å². The molecule has 6 heteroatoms. The Kier molecular flexibility index (Phi) is 4.42. The Morgan fingerprint density at radius 2 is 2.35 bits per heavy atom. The van der Waals surface area contributed by atoms with Gasteiger partial charge in [0.05, 0.1) is 22.0 Å². The molecule has 0 fully saturated rings. The fourth-order valence-electron chi connectivity index (χ4n) is 2.03. The van der Waals surface area contributed by atoms with Crippen LogP contribution in [-0.2, 0) is 0 Å². The molecule has 23 heavy (non-hydrogen) atoms. The van der Waals surface area contributed by atoms with E-state index in [-0.39, 0.29) is 11.9 Å². The third kappa shape index (κ3) is 3.59. The molecular formula is C17H14FN3OS. The van der Waals surface area contributed by atoms with Gasteiger partial charge in [-0.25, -0.2) is 4.98 Å². The highest BCUT2D eigenvalue weighted by atomic mass is 32.1. The Labute approximate surface area is 137 Å². The van der Waals surface area contributed by atoms with Gasteiger partial charge in [0.1, 0.15) is 10.8 Å². The number of nitrogens with one attached hydrogen (secondary N) is 2. The molecule has 3 N–H and O–H groups in total. The van der Waals surface area contributed by atoms with E-state index in [1.54, 1.807) is 49.6 Å². The summed E-state index contributed by atoms with van der Waals surface area (Å²) in [6, 6.07) is 5.04. The van der Waals surface area contributed by atoms with Gasteiger partial charge in [0, 0.05) is 0 Å². The number of hydrogen-bond donors (Lipinski definition) is 3. The number of aromatic nitrogens is 1. The van der Waals surface area contributed by atoms with Crippen LogP contribution in [0, 0.1) is 11.8 Å². The standard InChI is InChI=1S/C17H14FN3OS/c1-19-15-9-6-11(17(18)21-15)4-2-3-5-16-20-13-8-7-12(22)10-14(13)23-16/h3,5-10,15,19,21-22H,1H3/b5-3+. The van der Waals surface area contributed by atoms with Gasteiger partial charge in [-0.05, 0) is 49.6 Å². The predicted molar refractivity (Wildman–Crippen MR) is 91.4 cm³/mol. The average Bonchev–Trinajstić information content (AvgIpc) is 2.94. The molecular weight excluding hydrogens is 313 g/mol. The molecule has 1 atom stereocenters. The van der Waals surface area contributed by atoms with E-state index in [0.717, 1.165) is 15.2 Å². The summed E-state index contributed by atoms with van der Waals surface area (Å²) in [5, 5.41) is 15.8. The van der Waals surface area contributed by atoms with Gasteiger partial charge in [0.15, 0.2) is 0 Å². The van der Waals surface area contributed by atoms with Gasteiger partial charge < -0.3 is 10.4 Å². The molecule has 0 bridgehead atoms. The highest BCUT2D eigenvalue weighted by Gasteiger charge is 2.11. The number of benzene rings is 1. The van der Waals surface area contributed by atoms with E-state index >= 15 is 0 Å². The van der Waals surface area contributed by atoms with Gasteiger partial charge in [-0.2, -0.15) is 4.39 Å². The number of phenolic OH excluding ortho intramolecular Hbond substituents is 1. The lowest BCUT2D eigenvalue weighted by Crippen LogP contribution is -2.38. The van der Waals surface area contributed by atoms with Crippen LogP contribution in [0.1, 0.15) is 5.01 Å². The summed E-state index contributed by atoms with van der Waals surface area (Å²) in [7, 11) is 1.74. The van der Waals surface area contributed by atoms with Crippen LogP contribution in [0.4, 0.5) is 4.39 Å². The number of thiazole rings is 1. The first-order chi connectivity index (χ1) is 11.2. The molecule has 0 aliphatic carbocycles. The highest BCUT2D eigenvalue weighted by Crippen LogP contribution is 2.26. The molecule has 0 saturated carbocycles. The molecule has 2 heterocycles. The van der Waals surface area contributed by atoms with E-state index in [9.17, 15) is 9.50 Å². The van der Waals surface area contributed by atoms with Crippen molar-refractivity contribution in [3.8, 4) is 17.6 Å². The van der Waals surface area contributed by atoms with Crippen molar-refractivity contribution in [3.05, 3.63) is 53.0 Å². The molecule has 0 saturated heterocycles. The largest absolute Gasteiger partial charge is 0.508 e. The maximum atomic E-state index is 13.7. The number of halogens is 1. The van der Waals surface area contributed by atoms with Crippen LogP contribution in [0.15, 0.2) is 48.0 Å². The zero-order chi connectivity index (χ0) is 16.2. The second-order valence-electron chi connectivity index (χ2n) is 4.80. The van der Waals surface area contributed by atoms with Crippen LogP contribution < -0.4 is 10.6 Å². The molecule has 1 aliphatic rings. The Bertz CT molecular complexity index is 886. The number of hydrogen-bond acceptors (Lipinski definition) is 5. The van der Waals surface area contributed by atoms with E-state index in [4.69, 9.17) is 0 Å². The van der Waals surface area contributed by atoms with Crippen molar-refractivity contribution >= 4 is 27.6 Å². The molecule has 3 rings (SSSR count). The normalized spacial score (nSPS) is 17.4. The summed E-state index contributed by atoms with van der Waals surface area (Å²) < 4.78 is 14.6. The Morgan fingerprint density at radius 1 is 1.48 bits per heavy atom. The Hall–Kier alpha value is -2.62. The van der Waals surface area contributed by atoms with E-state index in [1.165, 1.54) is 11.3 Å². The average molecular weight is 327 g/mol. The second-order valence-corrected chi connectivity index (χ2v) is 5.87. The summed E-state index contributed by atoms with van der Waals surface area (Å²) in [6.07, 6.45) is 6.64. The van der Waals surface area contributed by atoms with Gasteiger partial charge in [-0.3, -0.25) is 5.32 Å². The summed E-state index contributed by atoms with van der Waals surface area (Å²) >= 11 is 1.45. The molecule has 0 amide bonds. The smallest absolute Gasteiger partial charge is 0.204 e. The van der Waals surface area contributed by atoms with Crippen LogP contribution in [-0.4, -0.2) is 23.3 Å². The number of allylic oxidation sites excluding steroid dienone is 3.